The molecule has 0 amide bonds. The number of fused-ring (bicyclic) bond motifs is 1. The molecule has 2 heterocycles. The number of anilines is 1. The van der Waals surface area contributed by atoms with E-state index in [1.807, 2.05) is 24.3 Å². The van der Waals surface area contributed by atoms with E-state index in [-0.39, 0.29) is 6.10 Å². The summed E-state index contributed by atoms with van der Waals surface area (Å²) in [7, 11) is 0. The third-order valence-electron chi connectivity index (χ3n) is 3.37. The zero-order chi connectivity index (χ0) is 14.1. The maximum atomic E-state index is 5.93. The topological polar surface area (TPSA) is 61.0 Å². The van der Waals surface area contributed by atoms with E-state index in [9.17, 15) is 0 Å². The van der Waals surface area contributed by atoms with E-state index in [2.05, 4.69) is 29.9 Å². The first-order valence-corrected chi connectivity index (χ1v) is 6.99. The van der Waals surface area contributed by atoms with Gasteiger partial charge in [0.15, 0.2) is 11.9 Å². The summed E-state index contributed by atoms with van der Waals surface area (Å²) in [5.41, 5.74) is 8.09. The minimum Gasteiger partial charge on any atom is -0.482 e. The Morgan fingerprint density at radius 1 is 1.30 bits per heavy atom. The molecule has 1 aromatic carbocycles. The van der Waals surface area contributed by atoms with Gasteiger partial charge in [-0.3, -0.25) is 0 Å². The molecule has 2 aromatic rings. The molecule has 1 unspecified atom stereocenters. The number of aromatic nitrogens is 2. The second-order valence-corrected chi connectivity index (χ2v) is 5.66. The van der Waals surface area contributed by atoms with Crippen LogP contribution in [-0.4, -0.2) is 9.97 Å². The van der Waals surface area contributed by atoms with Crippen molar-refractivity contribution in [3.05, 3.63) is 47.4 Å². The van der Waals surface area contributed by atoms with Crippen LogP contribution in [0.4, 0.5) is 5.82 Å². The molecule has 4 nitrogen and oxygen atoms in total. The van der Waals surface area contributed by atoms with Gasteiger partial charge in [-0.25, -0.2) is 9.97 Å². The number of hydrogen-bond donors (Lipinski definition) is 1. The average Bonchev–Trinajstić information content (AvgIpc) is 2.80. The molecule has 0 spiro atoms. The summed E-state index contributed by atoms with van der Waals surface area (Å²) < 4.78 is 5.93. The van der Waals surface area contributed by atoms with Crippen LogP contribution in [0.1, 0.15) is 37.0 Å². The fraction of sp³-hybridized carbons (Fsp3) is 0.375. The lowest BCUT2D eigenvalue weighted by molar-refractivity contribution is 0.227. The van der Waals surface area contributed by atoms with Crippen molar-refractivity contribution in [3.63, 3.8) is 0 Å². The number of hydrogen-bond acceptors (Lipinski definition) is 4. The van der Waals surface area contributed by atoms with E-state index < -0.39 is 0 Å². The molecule has 1 aliphatic rings. The monoisotopic (exact) mass is 269 g/mol. The van der Waals surface area contributed by atoms with Crippen molar-refractivity contribution in [2.75, 3.05) is 5.73 Å². The van der Waals surface area contributed by atoms with Crippen LogP contribution in [-0.2, 0) is 12.8 Å². The highest BCUT2D eigenvalue weighted by Gasteiger charge is 2.26. The summed E-state index contributed by atoms with van der Waals surface area (Å²) in [5, 5.41) is 0. The van der Waals surface area contributed by atoms with Gasteiger partial charge in [0.25, 0.3) is 0 Å². The maximum Gasteiger partial charge on any atom is 0.172 e. The fourth-order valence-corrected chi connectivity index (χ4v) is 2.53. The Balaban J connectivity index is 1.87. The van der Waals surface area contributed by atoms with Gasteiger partial charge in [0.2, 0.25) is 0 Å². The van der Waals surface area contributed by atoms with E-state index in [0.29, 0.717) is 17.6 Å². The van der Waals surface area contributed by atoms with Gasteiger partial charge in [0.05, 0.1) is 0 Å². The molecule has 104 valence electrons. The first kappa shape index (κ1) is 12.9. The molecule has 0 saturated carbocycles. The molecule has 2 N–H and O–H groups in total. The maximum absolute atomic E-state index is 5.93. The van der Waals surface area contributed by atoms with Crippen LogP contribution in [0.2, 0.25) is 0 Å². The molecule has 20 heavy (non-hydrogen) atoms. The van der Waals surface area contributed by atoms with Crippen molar-refractivity contribution >= 4 is 5.82 Å². The summed E-state index contributed by atoms with van der Waals surface area (Å²) in [5.74, 6) is 2.68. The van der Waals surface area contributed by atoms with Crippen molar-refractivity contribution in [1.82, 2.24) is 9.97 Å². The molecule has 0 aliphatic carbocycles. The van der Waals surface area contributed by atoms with Gasteiger partial charge in [-0.05, 0) is 24.0 Å². The summed E-state index contributed by atoms with van der Waals surface area (Å²) in [6.07, 6.45) is 1.59. The Hall–Kier alpha value is -2.10. The highest BCUT2D eigenvalue weighted by atomic mass is 16.5. The summed E-state index contributed by atoms with van der Waals surface area (Å²) in [4.78, 5) is 8.97. The molecule has 0 bridgehead atoms. The van der Waals surface area contributed by atoms with Crippen LogP contribution in [0.25, 0.3) is 0 Å². The SMILES string of the molecule is CC(C)Cc1cc(N)nc(C2Cc3ccccc3O2)n1. The first-order valence-electron chi connectivity index (χ1n) is 6.99. The molecule has 0 radical (unpaired) electrons. The van der Waals surface area contributed by atoms with Crippen LogP contribution >= 0.6 is 0 Å². The minimum absolute atomic E-state index is 0.123. The van der Waals surface area contributed by atoms with E-state index in [4.69, 9.17) is 10.5 Å². The summed E-state index contributed by atoms with van der Waals surface area (Å²) in [6, 6.07) is 9.92. The first-order chi connectivity index (χ1) is 9.61. The van der Waals surface area contributed by atoms with E-state index in [1.165, 1.54) is 5.56 Å². The van der Waals surface area contributed by atoms with Gasteiger partial charge >= 0.3 is 0 Å². The molecule has 1 aliphatic heterocycles. The lowest BCUT2D eigenvalue weighted by Gasteiger charge is -2.12. The van der Waals surface area contributed by atoms with Gasteiger partial charge in [0.1, 0.15) is 11.6 Å². The number of para-hydroxylation sites is 1. The van der Waals surface area contributed by atoms with Crippen LogP contribution in [0.5, 0.6) is 5.75 Å². The number of benzene rings is 1. The molecule has 4 heteroatoms. The van der Waals surface area contributed by atoms with Crippen molar-refractivity contribution in [2.45, 2.75) is 32.8 Å². The molecule has 1 aromatic heterocycles. The number of nitrogens with zero attached hydrogens (tertiary/aromatic N) is 2. The number of nitrogens with two attached hydrogens (primary N) is 1. The van der Waals surface area contributed by atoms with Crippen molar-refractivity contribution < 1.29 is 4.74 Å². The van der Waals surface area contributed by atoms with E-state index >= 15 is 0 Å². The van der Waals surface area contributed by atoms with Crippen molar-refractivity contribution in [2.24, 2.45) is 5.92 Å². The third-order valence-corrected chi connectivity index (χ3v) is 3.37. The fourth-order valence-electron chi connectivity index (χ4n) is 2.53. The normalized spacial score (nSPS) is 17.1. The zero-order valence-corrected chi connectivity index (χ0v) is 11.8. The summed E-state index contributed by atoms with van der Waals surface area (Å²) >= 11 is 0. The number of rotatable bonds is 3. The number of ether oxygens (including phenoxy) is 1. The largest absolute Gasteiger partial charge is 0.482 e. The van der Waals surface area contributed by atoms with Crippen LogP contribution in [0, 0.1) is 5.92 Å². The van der Waals surface area contributed by atoms with Gasteiger partial charge < -0.3 is 10.5 Å². The summed E-state index contributed by atoms with van der Waals surface area (Å²) in [6.45, 7) is 4.33. The average molecular weight is 269 g/mol. The smallest absolute Gasteiger partial charge is 0.172 e. The molecule has 0 fully saturated rings. The van der Waals surface area contributed by atoms with Gasteiger partial charge in [-0.2, -0.15) is 0 Å². The predicted molar refractivity (Wildman–Crippen MR) is 78.5 cm³/mol. The predicted octanol–water partition coefficient (Wildman–Crippen LogP) is 2.93. The van der Waals surface area contributed by atoms with E-state index in [0.717, 1.165) is 24.3 Å². The highest BCUT2D eigenvalue weighted by Crippen LogP contribution is 2.35. The Bertz CT molecular complexity index is 600. The van der Waals surface area contributed by atoms with Gasteiger partial charge in [-0.15, -0.1) is 0 Å². The molecule has 1 atom stereocenters. The number of nitrogen functional groups attached to an aromatic ring is 1. The van der Waals surface area contributed by atoms with Gasteiger partial charge in [-0.1, -0.05) is 32.0 Å². The van der Waals surface area contributed by atoms with Crippen molar-refractivity contribution in [3.8, 4) is 5.75 Å². The van der Waals surface area contributed by atoms with E-state index in [1.54, 1.807) is 0 Å². The molecular formula is C16H19N3O. The lowest BCUT2D eigenvalue weighted by Crippen LogP contribution is -2.12. The standard InChI is InChI=1S/C16H19N3O/c1-10(2)7-12-9-15(17)19-16(18-12)14-8-11-5-3-4-6-13(11)20-14/h3-6,9-10,14H,7-8H2,1-2H3,(H2,17,18,19). The van der Waals surface area contributed by atoms with Crippen LogP contribution < -0.4 is 10.5 Å². The Labute approximate surface area is 119 Å². The highest BCUT2D eigenvalue weighted by molar-refractivity contribution is 5.39. The van der Waals surface area contributed by atoms with Gasteiger partial charge in [0, 0.05) is 18.2 Å². The second kappa shape index (κ2) is 5.12. The molecule has 0 saturated heterocycles. The second-order valence-electron chi connectivity index (χ2n) is 5.66. The lowest BCUT2D eigenvalue weighted by atomic mass is 10.1. The molecule has 3 rings (SSSR count). The zero-order valence-electron chi connectivity index (χ0n) is 11.8. The third kappa shape index (κ3) is 2.59. The van der Waals surface area contributed by atoms with Crippen LogP contribution in [0.3, 0.4) is 0 Å². The molecular weight excluding hydrogens is 250 g/mol. The Morgan fingerprint density at radius 2 is 2.10 bits per heavy atom. The Morgan fingerprint density at radius 3 is 2.85 bits per heavy atom. The van der Waals surface area contributed by atoms with Crippen molar-refractivity contribution in [1.29, 1.82) is 0 Å². The quantitative estimate of drug-likeness (QED) is 0.930. The Kier molecular flexibility index (Phi) is 3.30. The minimum atomic E-state index is -0.123. The van der Waals surface area contributed by atoms with Crippen LogP contribution in [0.15, 0.2) is 30.3 Å².